The Labute approximate surface area is 177 Å². The van der Waals surface area contributed by atoms with Gasteiger partial charge in [0.25, 0.3) is 5.91 Å². The van der Waals surface area contributed by atoms with Crippen LogP contribution in [0.1, 0.15) is 11.1 Å². The lowest BCUT2D eigenvalue weighted by atomic mass is 10.2. The molecule has 0 bridgehead atoms. The van der Waals surface area contributed by atoms with Crippen LogP contribution in [0.4, 0.5) is 0 Å². The van der Waals surface area contributed by atoms with E-state index in [1.165, 1.54) is 16.7 Å². The van der Waals surface area contributed by atoms with Crippen LogP contribution in [0, 0.1) is 0 Å². The van der Waals surface area contributed by atoms with E-state index in [-0.39, 0.29) is 12.5 Å². The Morgan fingerprint density at radius 1 is 1.19 bits per heavy atom. The van der Waals surface area contributed by atoms with Crippen LogP contribution in [-0.2, 0) is 11.4 Å². The molecule has 1 heterocycles. The van der Waals surface area contributed by atoms with E-state index in [0.29, 0.717) is 31.6 Å². The lowest BCUT2D eigenvalue weighted by Gasteiger charge is -2.10. The van der Waals surface area contributed by atoms with E-state index in [1.54, 1.807) is 30.4 Å². The standard InChI is InChI=1S/C20H15Cl2NO2S2/c1-2-9-23-19(24)18(27-20(23)26)11-13-5-3-6-14(10-13)25-12-15-16(21)7-4-8-17(15)22/h2-8,10-11H,1,9,12H2/b18-11-. The molecular formula is C20H15Cl2NO2S2. The van der Waals surface area contributed by atoms with Crippen molar-refractivity contribution in [1.82, 2.24) is 4.90 Å². The summed E-state index contributed by atoms with van der Waals surface area (Å²) in [6.45, 7) is 4.31. The summed E-state index contributed by atoms with van der Waals surface area (Å²) in [5, 5.41) is 1.12. The Kier molecular flexibility index (Phi) is 6.60. The lowest BCUT2D eigenvalue weighted by Crippen LogP contribution is -2.27. The van der Waals surface area contributed by atoms with Gasteiger partial charge in [-0.1, -0.05) is 71.5 Å². The van der Waals surface area contributed by atoms with Gasteiger partial charge in [0.1, 0.15) is 16.7 Å². The third-order valence-corrected chi connectivity index (χ3v) is 5.87. The molecule has 1 aliphatic heterocycles. The van der Waals surface area contributed by atoms with E-state index in [9.17, 15) is 4.79 Å². The highest BCUT2D eigenvalue weighted by molar-refractivity contribution is 8.26. The number of carbonyl (C=O) groups is 1. The van der Waals surface area contributed by atoms with Crippen LogP contribution < -0.4 is 4.74 Å². The maximum Gasteiger partial charge on any atom is 0.266 e. The van der Waals surface area contributed by atoms with E-state index >= 15 is 0 Å². The summed E-state index contributed by atoms with van der Waals surface area (Å²) in [4.78, 5) is 14.5. The van der Waals surface area contributed by atoms with Gasteiger partial charge in [0, 0.05) is 22.2 Å². The van der Waals surface area contributed by atoms with Crippen molar-refractivity contribution in [3.63, 3.8) is 0 Å². The average molecular weight is 436 g/mol. The molecule has 1 aliphatic rings. The van der Waals surface area contributed by atoms with Crippen LogP contribution >= 0.6 is 47.2 Å². The first-order valence-electron chi connectivity index (χ1n) is 8.01. The van der Waals surface area contributed by atoms with Gasteiger partial charge in [-0.3, -0.25) is 9.69 Å². The topological polar surface area (TPSA) is 29.5 Å². The second-order valence-corrected chi connectivity index (χ2v) is 8.13. The molecule has 0 N–H and O–H groups in total. The Morgan fingerprint density at radius 2 is 1.89 bits per heavy atom. The number of ether oxygens (including phenoxy) is 1. The predicted octanol–water partition coefficient (Wildman–Crippen LogP) is 5.96. The van der Waals surface area contributed by atoms with Crippen molar-refractivity contribution >= 4 is 63.5 Å². The molecule has 7 heteroatoms. The van der Waals surface area contributed by atoms with E-state index < -0.39 is 0 Å². The number of thioether (sulfide) groups is 1. The zero-order chi connectivity index (χ0) is 19.4. The first kappa shape index (κ1) is 20.0. The smallest absolute Gasteiger partial charge is 0.266 e. The van der Waals surface area contributed by atoms with Gasteiger partial charge in [-0.15, -0.1) is 6.58 Å². The van der Waals surface area contributed by atoms with Crippen molar-refractivity contribution < 1.29 is 9.53 Å². The minimum atomic E-state index is -0.112. The van der Waals surface area contributed by atoms with Gasteiger partial charge >= 0.3 is 0 Å². The summed E-state index contributed by atoms with van der Waals surface area (Å²) in [5.41, 5.74) is 1.58. The molecule has 2 aromatic carbocycles. The lowest BCUT2D eigenvalue weighted by molar-refractivity contribution is -0.121. The van der Waals surface area contributed by atoms with Crippen molar-refractivity contribution in [2.24, 2.45) is 0 Å². The molecule has 1 amide bonds. The van der Waals surface area contributed by atoms with E-state index in [4.69, 9.17) is 40.2 Å². The van der Waals surface area contributed by atoms with Gasteiger partial charge in [0.15, 0.2) is 0 Å². The molecule has 1 saturated heterocycles. The van der Waals surface area contributed by atoms with Gasteiger partial charge < -0.3 is 4.74 Å². The number of amides is 1. The van der Waals surface area contributed by atoms with Crippen molar-refractivity contribution in [3.8, 4) is 5.75 Å². The molecule has 138 valence electrons. The molecule has 1 fully saturated rings. The van der Waals surface area contributed by atoms with Crippen molar-refractivity contribution in [1.29, 1.82) is 0 Å². The quantitative estimate of drug-likeness (QED) is 0.318. The number of hydrogen-bond donors (Lipinski definition) is 0. The van der Waals surface area contributed by atoms with Gasteiger partial charge in [0.05, 0.1) is 4.91 Å². The zero-order valence-electron chi connectivity index (χ0n) is 14.2. The molecule has 2 aromatic rings. The minimum Gasteiger partial charge on any atom is -0.489 e. The Hall–Kier alpha value is -1.79. The average Bonchev–Trinajstić information content (AvgIpc) is 2.89. The highest BCUT2D eigenvalue weighted by atomic mass is 35.5. The fraction of sp³-hybridized carbons (Fsp3) is 0.100. The van der Waals surface area contributed by atoms with Gasteiger partial charge in [-0.25, -0.2) is 0 Å². The number of thiocarbonyl (C=S) groups is 1. The van der Waals surface area contributed by atoms with Crippen LogP contribution in [-0.4, -0.2) is 21.7 Å². The molecular weight excluding hydrogens is 421 g/mol. The number of halogens is 2. The van der Waals surface area contributed by atoms with Crippen LogP contribution in [0.2, 0.25) is 10.0 Å². The fourth-order valence-electron chi connectivity index (χ4n) is 2.46. The molecule has 0 aliphatic carbocycles. The maximum atomic E-state index is 12.4. The highest BCUT2D eigenvalue weighted by Crippen LogP contribution is 2.33. The molecule has 0 saturated carbocycles. The maximum absolute atomic E-state index is 12.4. The Morgan fingerprint density at radius 3 is 2.59 bits per heavy atom. The highest BCUT2D eigenvalue weighted by Gasteiger charge is 2.30. The number of rotatable bonds is 6. The molecule has 3 nitrogen and oxygen atoms in total. The van der Waals surface area contributed by atoms with Crippen LogP contribution in [0.5, 0.6) is 5.75 Å². The number of carbonyl (C=O) groups excluding carboxylic acids is 1. The van der Waals surface area contributed by atoms with E-state index in [1.807, 2.05) is 24.3 Å². The van der Waals surface area contributed by atoms with Crippen molar-refractivity contribution in [2.45, 2.75) is 6.61 Å². The second-order valence-electron chi connectivity index (χ2n) is 5.64. The Balaban J connectivity index is 1.75. The number of benzene rings is 2. The largest absolute Gasteiger partial charge is 0.489 e. The molecule has 0 unspecified atom stereocenters. The van der Waals surface area contributed by atoms with Crippen LogP contribution in [0.3, 0.4) is 0 Å². The molecule has 0 radical (unpaired) electrons. The number of hydrogen-bond acceptors (Lipinski definition) is 4. The SMILES string of the molecule is C=CCN1C(=O)/C(=C/c2cccc(OCc3c(Cl)cccc3Cl)c2)SC1=S. The zero-order valence-corrected chi connectivity index (χ0v) is 17.3. The minimum absolute atomic E-state index is 0.112. The second kappa shape index (κ2) is 8.93. The summed E-state index contributed by atoms with van der Waals surface area (Å²) >= 11 is 18.9. The summed E-state index contributed by atoms with van der Waals surface area (Å²) in [6, 6.07) is 12.8. The van der Waals surface area contributed by atoms with E-state index in [2.05, 4.69) is 6.58 Å². The summed E-state index contributed by atoms with van der Waals surface area (Å²) in [6.07, 6.45) is 3.46. The molecule has 0 aromatic heterocycles. The fourth-order valence-corrected chi connectivity index (χ4v) is 4.24. The van der Waals surface area contributed by atoms with Crippen LogP contribution in [0.15, 0.2) is 60.0 Å². The Bertz CT molecular complexity index is 923. The van der Waals surface area contributed by atoms with E-state index in [0.717, 1.165) is 11.1 Å². The van der Waals surface area contributed by atoms with Gasteiger partial charge in [0.2, 0.25) is 0 Å². The normalized spacial score (nSPS) is 15.5. The number of nitrogens with zero attached hydrogens (tertiary/aromatic N) is 1. The monoisotopic (exact) mass is 435 g/mol. The molecule has 27 heavy (non-hydrogen) atoms. The molecule has 0 spiro atoms. The van der Waals surface area contributed by atoms with Crippen molar-refractivity contribution in [3.05, 3.63) is 81.2 Å². The summed E-state index contributed by atoms with van der Waals surface area (Å²) < 4.78 is 6.36. The first-order chi connectivity index (χ1) is 13.0. The van der Waals surface area contributed by atoms with Gasteiger partial charge in [-0.2, -0.15) is 0 Å². The molecule has 0 atom stereocenters. The van der Waals surface area contributed by atoms with Crippen LogP contribution in [0.25, 0.3) is 6.08 Å². The van der Waals surface area contributed by atoms with Gasteiger partial charge in [-0.05, 0) is 35.9 Å². The third-order valence-electron chi connectivity index (χ3n) is 3.79. The summed E-state index contributed by atoms with van der Waals surface area (Å²) in [5.74, 6) is 0.542. The van der Waals surface area contributed by atoms with Crippen molar-refractivity contribution in [2.75, 3.05) is 6.54 Å². The molecule has 3 rings (SSSR count). The third kappa shape index (κ3) is 4.74. The first-order valence-corrected chi connectivity index (χ1v) is 9.99. The predicted molar refractivity (Wildman–Crippen MR) is 117 cm³/mol. The summed E-state index contributed by atoms with van der Waals surface area (Å²) in [7, 11) is 0.